The molecule has 15 heavy (non-hydrogen) atoms. The van der Waals surface area contributed by atoms with Crippen molar-refractivity contribution in [1.82, 2.24) is 0 Å². The van der Waals surface area contributed by atoms with E-state index >= 15 is 0 Å². The molecule has 0 spiro atoms. The monoisotopic (exact) mass is 435 g/mol. The Morgan fingerprint density at radius 3 is 1.13 bits per heavy atom. The van der Waals surface area contributed by atoms with Crippen molar-refractivity contribution in [2.75, 3.05) is 0 Å². The highest BCUT2D eigenvalue weighted by atomic mass is 80.0. The third kappa shape index (κ3) is 2.53. The summed E-state index contributed by atoms with van der Waals surface area (Å²) in [7, 11) is 0. The van der Waals surface area contributed by atoms with Crippen LogP contribution in [0.1, 0.15) is 0 Å². The quantitative estimate of drug-likeness (QED) is 0.252. The molecule has 1 aromatic rings. The average Bonchev–Trinajstić information content (AvgIpc) is 2.09. The van der Waals surface area contributed by atoms with E-state index in [9.17, 15) is 22.0 Å². The lowest BCUT2D eigenvalue weighted by Crippen LogP contribution is -2.18. The van der Waals surface area contributed by atoms with E-state index in [2.05, 4.69) is 46.5 Å². The van der Waals surface area contributed by atoms with Crippen molar-refractivity contribution in [3.63, 3.8) is 0 Å². The van der Waals surface area contributed by atoms with Crippen LogP contribution in [0, 0.1) is 29.1 Å². The third-order valence-corrected chi connectivity index (χ3v) is 5.53. The fraction of sp³-hybridized carbons (Fsp3) is 0. The molecule has 0 aromatic heterocycles. The third-order valence-electron chi connectivity index (χ3n) is 1.44. The van der Waals surface area contributed by atoms with Crippen LogP contribution in [0.5, 0.6) is 0 Å². The molecular weight excluding hydrogens is 438 g/mol. The number of hydrogen-bond donors (Lipinski definition) is 0. The van der Waals surface area contributed by atoms with Crippen LogP contribution in [0.25, 0.3) is 0 Å². The van der Waals surface area contributed by atoms with Crippen molar-refractivity contribution in [1.29, 1.82) is 0 Å². The highest BCUT2D eigenvalue weighted by Gasteiger charge is 2.44. The average molecular weight is 438 g/mol. The Balaban J connectivity index is 3.68. The maximum absolute atomic E-state index is 13.1. The van der Waals surface area contributed by atoms with Gasteiger partial charge in [-0.2, -0.15) is 8.78 Å². The van der Waals surface area contributed by atoms with Crippen LogP contribution in [-0.4, -0.2) is 0 Å². The molecule has 0 N–H and O–H groups in total. The SMILES string of the molecule is Fc1c(F)c(F)c([P+](Br)(Br)Br)c(F)c1F. The first-order valence-corrected chi connectivity index (χ1v) is 11.0. The Morgan fingerprint density at radius 2 is 0.867 bits per heavy atom. The lowest BCUT2D eigenvalue weighted by molar-refractivity contribution is 0.384. The predicted molar refractivity (Wildman–Crippen MR) is 59.6 cm³/mol. The van der Waals surface area contributed by atoms with Gasteiger partial charge in [-0.05, 0) is 0 Å². The number of benzene rings is 1. The molecule has 0 fully saturated rings. The van der Waals surface area contributed by atoms with E-state index in [4.69, 9.17) is 0 Å². The number of halogens is 8. The van der Waals surface area contributed by atoms with Crippen LogP contribution < -0.4 is 5.30 Å². The molecule has 0 saturated carbocycles. The van der Waals surface area contributed by atoms with Gasteiger partial charge < -0.3 is 0 Å². The summed E-state index contributed by atoms with van der Waals surface area (Å²) >= 11 is 8.37. The predicted octanol–water partition coefficient (Wildman–Crippen LogP) is 4.95. The van der Waals surface area contributed by atoms with Gasteiger partial charge >= 0.3 is 0 Å². The van der Waals surface area contributed by atoms with Gasteiger partial charge in [-0.15, -0.1) is 0 Å². The van der Waals surface area contributed by atoms with Gasteiger partial charge in [-0.3, -0.25) is 0 Å². The summed E-state index contributed by atoms with van der Waals surface area (Å²) in [6.45, 7) is 0. The van der Waals surface area contributed by atoms with Gasteiger partial charge in [0.15, 0.2) is 46.5 Å². The molecule has 0 aliphatic heterocycles. The molecule has 0 radical (unpaired) electrons. The van der Waals surface area contributed by atoms with Crippen molar-refractivity contribution in [2.24, 2.45) is 0 Å². The van der Waals surface area contributed by atoms with Crippen LogP contribution in [0.4, 0.5) is 22.0 Å². The molecular formula is C6Br3F5P+. The van der Waals surface area contributed by atoms with Gasteiger partial charge in [-0.1, -0.05) is 0 Å². The summed E-state index contributed by atoms with van der Waals surface area (Å²) in [4.78, 5) is 0. The first kappa shape index (κ1) is 13.8. The van der Waals surface area contributed by atoms with E-state index in [0.29, 0.717) is 0 Å². The maximum Gasteiger partial charge on any atom is 0.259 e. The second kappa shape index (κ2) is 4.55. The van der Waals surface area contributed by atoms with Crippen molar-refractivity contribution in [3.8, 4) is 0 Å². The van der Waals surface area contributed by atoms with Gasteiger partial charge in [0.2, 0.25) is 34.4 Å². The van der Waals surface area contributed by atoms with E-state index in [1.165, 1.54) is 0 Å². The van der Waals surface area contributed by atoms with Gasteiger partial charge in [0.1, 0.15) is 0 Å². The Morgan fingerprint density at radius 1 is 0.600 bits per heavy atom. The summed E-state index contributed by atoms with van der Waals surface area (Å²) < 4.78 is 61.4. The van der Waals surface area contributed by atoms with E-state index in [-0.39, 0.29) is 0 Å². The molecule has 0 aliphatic rings. The van der Waals surface area contributed by atoms with E-state index in [0.717, 1.165) is 0 Å². The molecule has 0 heterocycles. The smallest absolute Gasteiger partial charge is 0.200 e. The first-order chi connectivity index (χ1) is 6.68. The topological polar surface area (TPSA) is 0 Å². The van der Waals surface area contributed by atoms with Gasteiger partial charge in [0.25, 0.3) is 3.37 Å². The van der Waals surface area contributed by atoms with Crippen LogP contribution in [0.15, 0.2) is 0 Å². The van der Waals surface area contributed by atoms with Crippen molar-refractivity contribution < 1.29 is 22.0 Å². The molecule has 0 bridgehead atoms. The van der Waals surface area contributed by atoms with E-state index in [1.54, 1.807) is 0 Å². The number of hydrogen-bond acceptors (Lipinski definition) is 0. The van der Waals surface area contributed by atoms with Crippen LogP contribution in [-0.2, 0) is 0 Å². The fourth-order valence-corrected chi connectivity index (χ4v) is 4.26. The first-order valence-electron chi connectivity index (χ1n) is 3.18. The zero-order chi connectivity index (χ0) is 12.0. The second-order valence-electron chi connectivity index (χ2n) is 2.36. The lowest BCUT2D eigenvalue weighted by atomic mass is 10.3. The summed E-state index contributed by atoms with van der Waals surface area (Å²) in [5.41, 5.74) is 0. The van der Waals surface area contributed by atoms with Crippen LogP contribution in [0.3, 0.4) is 0 Å². The highest BCUT2D eigenvalue weighted by molar-refractivity contribution is 9.97. The Hall–Kier alpha value is 0.740. The van der Waals surface area contributed by atoms with Crippen molar-refractivity contribution in [2.45, 2.75) is 0 Å². The summed E-state index contributed by atoms with van der Waals surface area (Å²) in [6, 6.07) is 0. The Kier molecular flexibility index (Phi) is 4.18. The highest BCUT2D eigenvalue weighted by Crippen LogP contribution is 2.79. The van der Waals surface area contributed by atoms with Crippen molar-refractivity contribution in [3.05, 3.63) is 29.1 Å². The molecule has 0 amide bonds. The van der Waals surface area contributed by atoms with Gasteiger partial charge in [-0.25, -0.2) is 13.2 Å². The Bertz CT molecular complexity index is 387. The zero-order valence-corrected chi connectivity index (χ0v) is 12.1. The van der Waals surface area contributed by atoms with E-state index < -0.39 is 37.8 Å². The van der Waals surface area contributed by atoms with Crippen LogP contribution in [0.2, 0.25) is 0 Å². The van der Waals surface area contributed by atoms with Crippen LogP contribution >= 0.6 is 49.8 Å². The standard InChI is InChI=1S/C6Br3F5P/c7-15(8,9)6-4(13)2(11)1(10)3(12)5(6)14/q+1. The molecule has 0 aliphatic carbocycles. The van der Waals surface area contributed by atoms with Crippen molar-refractivity contribution >= 4 is 55.1 Å². The minimum absolute atomic E-state index is 0.932. The summed E-state index contributed by atoms with van der Waals surface area (Å²) in [5.74, 6) is -9.82. The summed E-state index contributed by atoms with van der Waals surface area (Å²) in [5, 5.41) is -0.932. The minimum Gasteiger partial charge on any atom is -0.200 e. The molecule has 0 atom stereocenters. The largest absolute Gasteiger partial charge is 0.259 e. The lowest BCUT2D eigenvalue weighted by Gasteiger charge is -2.07. The molecule has 0 saturated heterocycles. The number of rotatable bonds is 1. The maximum atomic E-state index is 13.1. The molecule has 84 valence electrons. The van der Waals surface area contributed by atoms with Gasteiger partial charge in [0, 0.05) is 0 Å². The fourth-order valence-electron chi connectivity index (χ4n) is 0.816. The second-order valence-corrected chi connectivity index (χ2v) is 21.8. The van der Waals surface area contributed by atoms with Gasteiger partial charge in [0.05, 0.1) is 0 Å². The Labute approximate surface area is 106 Å². The summed E-state index contributed by atoms with van der Waals surface area (Å²) in [6.07, 6.45) is 0. The zero-order valence-electron chi connectivity index (χ0n) is 6.47. The minimum atomic E-state index is -2.88. The molecule has 1 rings (SSSR count). The molecule has 9 heteroatoms. The molecule has 0 nitrogen and oxygen atoms in total. The van der Waals surface area contributed by atoms with E-state index in [1.807, 2.05) is 0 Å². The molecule has 1 aromatic carbocycles. The normalized spacial score (nSPS) is 12.0. The molecule has 0 unspecified atom stereocenters.